The Kier molecular flexibility index (Phi) is 5.76. The number of hydrogen-bond donors (Lipinski definition) is 2. The molecule has 1 aromatic carbocycles. The first-order valence-corrected chi connectivity index (χ1v) is 8.83. The van der Waals surface area contributed by atoms with Gasteiger partial charge in [0, 0.05) is 0 Å². The summed E-state index contributed by atoms with van der Waals surface area (Å²) in [5.41, 5.74) is 0.943. The minimum absolute atomic E-state index is 0.0734. The topological polar surface area (TPSA) is 83.5 Å². The summed E-state index contributed by atoms with van der Waals surface area (Å²) >= 11 is 0. The van der Waals surface area contributed by atoms with Crippen LogP contribution in [0, 0.1) is 5.92 Å². The highest BCUT2D eigenvalue weighted by Gasteiger charge is 2.29. The van der Waals surface area contributed by atoms with Gasteiger partial charge in [-0.3, -0.25) is 4.79 Å². The van der Waals surface area contributed by atoms with Gasteiger partial charge in [0.1, 0.15) is 6.04 Å². The molecule has 6 heteroatoms. The van der Waals surface area contributed by atoms with Crippen LogP contribution in [0.15, 0.2) is 29.2 Å². The number of carbonyl (C=O) groups is 1. The second-order valence-electron chi connectivity index (χ2n) is 6.60. The molecular formula is C16H25NO4S. The minimum Gasteiger partial charge on any atom is -0.480 e. The fourth-order valence-electron chi connectivity index (χ4n) is 2.01. The summed E-state index contributed by atoms with van der Waals surface area (Å²) in [6.45, 7) is 9.66. The van der Waals surface area contributed by atoms with E-state index < -0.39 is 22.0 Å². The summed E-state index contributed by atoms with van der Waals surface area (Å²) in [4.78, 5) is 11.3. The average molecular weight is 327 g/mol. The zero-order valence-electron chi connectivity index (χ0n) is 13.8. The van der Waals surface area contributed by atoms with Gasteiger partial charge in [0.2, 0.25) is 10.0 Å². The van der Waals surface area contributed by atoms with Crippen molar-refractivity contribution in [1.82, 2.24) is 4.72 Å². The Morgan fingerprint density at radius 3 is 2.09 bits per heavy atom. The molecular weight excluding hydrogens is 302 g/mol. The van der Waals surface area contributed by atoms with Crippen LogP contribution in [-0.2, 0) is 20.2 Å². The molecule has 5 nitrogen and oxygen atoms in total. The lowest BCUT2D eigenvalue weighted by molar-refractivity contribution is -0.140. The number of carboxylic acid groups (broad SMARTS) is 1. The van der Waals surface area contributed by atoms with E-state index in [1.54, 1.807) is 19.1 Å². The summed E-state index contributed by atoms with van der Waals surface area (Å²) in [6.07, 6.45) is 0.572. The van der Waals surface area contributed by atoms with Crippen molar-refractivity contribution in [2.24, 2.45) is 5.92 Å². The van der Waals surface area contributed by atoms with Gasteiger partial charge in [0.05, 0.1) is 4.90 Å². The number of aliphatic carboxylic acids is 1. The third kappa shape index (κ3) is 4.55. The molecule has 0 aliphatic carbocycles. The largest absolute Gasteiger partial charge is 0.480 e. The predicted molar refractivity (Wildman–Crippen MR) is 86.3 cm³/mol. The summed E-state index contributed by atoms with van der Waals surface area (Å²) in [6, 6.07) is 5.41. The maximum atomic E-state index is 12.4. The van der Waals surface area contributed by atoms with Crippen molar-refractivity contribution in [2.45, 2.75) is 57.4 Å². The standard InChI is InChI=1S/C16H25NO4S/c1-6-11(2)14(15(18)19)17-22(20,21)13-9-7-12(8-10-13)16(3,4)5/h7-11,14,17H,6H2,1-5H3,(H,18,19). The molecule has 22 heavy (non-hydrogen) atoms. The van der Waals surface area contributed by atoms with Crippen LogP contribution in [0.4, 0.5) is 0 Å². The molecule has 0 aliphatic rings. The highest BCUT2D eigenvalue weighted by Crippen LogP contribution is 2.23. The van der Waals surface area contributed by atoms with Crippen molar-refractivity contribution in [1.29, 1.82) is 0 Å². The summed E-state index contributed by atoms with van der Waals surface area (Å²) in [7, 11) is -3.85. The van der Waals surface area contributed by atoms with Crippen LogP contribution in [0.5, 0.6) is 0 Å². The second-order valence-corrected chi connectivity index (χ2v) is 8.31. The molecule has 2 atom stereocenters. The van der Waals surface area contributed by atoms with E-state index in [9.17, 15) is 18.3 Å². The monoisotopic (exact) mass is 327 g/mol. The fourth-order valence-corrected chi connectivity index (χ4v) is 3.31. The maximum Gasteiger partial charge on any atom is 0.322 e. The van der Waals surface area contributed by atoms with Gasteiger partial charge in [0.15, 0.2) is 0 Å². The van der Waals surface area contributed by atoms with E-state index in [1.165, 1.54) is 12.1 Å². The van der Waals surface area contributed by atoms with Crippen molar-refractivity contribution in [3.05, 3.63) is 29.8 Å². The molecule has 0 saturated heterocycles. The third-order valence-electron chi connectivity index (χ3n) is 3.79. The SMILES string of the molecule is CCC(C)C(NS(=O)(=O)c1ccc(C(C)(C)C)cc1)C(=O)O. The highest BCUT2D eigenvalue weighted by atomic mass is 32.2. The Hall–Kier alpha value is -1.40. The van der Waals surface area contributed by atoms with Crippen LogP contribution in [0.3, 0.4) is 0 Å². The van der Waals surface area contributed by atoms with Crippen LogP contribution in [0.1, 0.15) is 46.6 Å². The molecule has 0 aliphatic heterocycles. The van der Waals surface area contributed by atoms with E-state index in [4.69, 9.17) is 0 Å². The van der Waals surface area contributed by atoms with Gasteiger partial charge in [-0.2, -0.15) is 4.72 Å². The Balaban J connectivity index is 3.06. The van der Waals surface area contributed by atoms with Gasteiger partial charge in [-0.25, -0.2) is 8.42 Å². The van der Waals surface area contributed by atoms with Gasteiger partial charge in [-0.1, -0.05) is 53.2 Å². The van der Waals surface area contributed by atoms with Gasteiger partial charge >= 0.3 is 5.97 Å². The number of hydrogen-bond acceptors (Lipinski definition) is 3. The lowest BCUT2D eigenvalue weighted by Crippen LogP contribution is -2.44. The maximum absolute atomic E-state index is 12.4. The molecule has 0 radical (unpaired) electrons. The first kappa shape index (κ1) is 18.6. The summed E-state index contributed by atoms with van der Waals surface area (Å²) in [5, 5.41) is 9.21. The summed E-state index contributed by atoms with van der Waals surface area (Å²) in [5.74, 6) is -1.45. The molecule has 0 amide bonds. The molecule has 0 spiro atoms. The first-order valence-electron chi connectivity index (χ1n) is 7.34. The lowest BCUT2D eigenvalue weighted by Gasteiger charge is -2.21. The van der Waals surface area contributed by atoms with Crippen LogP contribution in [-0.4, -0.2) is 25.5 Å². The molecule has 1 aromatic rings. The molecule has 2 unspecified atom stereocenters. The van der Waals surface area contributed by atoms with Crippen LogP contribution in [0.2, 0.25) is 0 Å². The molecule has 0 aromatic heterocycles. The van der Waals surface area contributed by atoms with E-state index >= 15 is 0 Å². The number of carboxylic acids is 1. The third-order valence-corrected chi connectivity index (χ3v) is 5.25. The van der Waals surface area contributed by atoms with Gasteiger partial charge in [0.25, 0.3) is 0 Å². The van der Waals surface area contributed by atoms with E-state index in [1.807, 2.05) is 27.7 Å². The fraction of sp³-hybridized carbons (Fsp3) is 0.562. The highest BCUT2D eigenvalue weighted by molar-refractivity contribution is 7.89. The van der Waals surface area contributed by atoms with Gasteiger partial charge < -0.3 is 5.11 Å². The van der Waals surface area contributed by atoms with Gasteiger partial charge in [-0.15, -0.1) is 0 Å². The zero-order valence-corrected chi connectivity index (χ0v) is 14.6. The number of sulfonamides is 1. The van der Waals surface area contributed by atoms with E-state index in [0.717, 1.165) is 5.56 Å². The smallest absolute Gasteiger partial charge is 0.322 e. The van der Waals surface area contributed by atoms with E-state index in [0.29, 0.717) is 6.42 Å². The Morgan fingerprint density at radius 1 is 1.23 bits per heavy atom. The minimum atomic E-state index is -3.85. The number of benzene rings is 1. The van der Waals surface area contributed by atoms with E-state index in [-0.39, 0.29) is 16.2 Å². The van der Waals surface area contributed by atoms with E-state index in [2.05, 4.69) is 4.72 Å². The Labute approximate surface area is 132 Å². The summed E-state index contributed by atoms with van der Waals surface area (Å²) < 4.78 is 27.0. The molecule has 1 rings (SSSR count). The predicted octanol–water partition coefficient (Wildman–Crippen LogP) is 2.76. The molecule has 0 saturated carbocycles. The van der Waals surface area contributed by atoms with Gasteiger partial charge in [-0.05, 0) is 29.0 Å². The normalized spacial score (nSPS) is 15.3. The molecule has 2 N–H and O–H groups in total. The first-order chi connectivity index (χ1) is 9.99. The molecule has 0 bridgehead atoms. The molecule has 124 valence electrons. The van der Waals surface area contributed by atoms with Crippen LogP contribution >= 0.6 is 0 Å². The van der Waals surface area contributed by atoms with Crippen molar-refractivity contribution in [3.63, 3.8) is 0 Å². The van der Waals surface area contributed by atoms with Crippen LogP contribution < -0.4 is 4.72 Å². The van der Waals surface area contributed by atoms with Crippen molar-refractivity contribution < 1.29 is 18.3 Å². The van der Waals surface area contributed by atoms with Crippen LogP contribution in [0.25, 0.3) is 0 Å². The van der Waals surface area contributed by atoms with Crippen molar-refractivity contribution >= 4 is 16.0 Å². The number of rotatable bonds is 6. The molecule has 0 heterocycles. The molecule has 0 fully saturated rings. The zero-order chi connectivity index (χ0) is 17.1. The lowest BCUT2D eigenvalue weighted by atomic mass is 9.87. The average Bonchev–Trinajstić information content (AvgIpc) is 2.43. The van der Waals surface area contributed by atoms with Crippen molar-refractivity contribution in [2.75, 3.05) is 0 Å². The second kappa shape index (κ2) is 6.79. The Morgan fingerprint density at radius 2 is 1.73 bits per heavy atom. The Bertz CT molecular complexity index is 615. The van der Waals surface area contributed by atoms with Crippen molar-refractivity contribution in [3.8, 4) is 0 Å². The quantitative estimate of drug-likeness (QED) is 0.841. The number of nitrogens with one attached hydrogen (secondary N) is 1.